The molecule has 0 atom stereocenters. The highest BCUT2D eigenvalue weighted by molar-refractivity contribution is 6.08. The Labute approximate surface area is 121 Å². The Bertz CT molecular complexity index is 747. The van der Waals surface area contributed by atoms with Crippen LogP contribution < -0.4 is 5.32 Å². The average molecular weight is 285 g/mol. The fourth-order valence-corrected chi connectivity index (χ4v) is 2.25. The van der Waals surface area contributed by atoms with Crippen molar-refractivity contribution in [2.45, 2.75) is 0 Å². The van der Waals surface area contributed by atoms with Crippen molar-refractivity contribution < 1.29 is 13.9 Å². The number of aromatic nitrogens is 2. The molecule has 0 radical (unpaired) electrons. The molecule has 3 aromatic rings. The molecule has 2 N–H and O–H groups in total. The molecule has 0 bridgehead atoms. The third-order valence-corrected chi connectivity index (χ3v) is 3.26. The molecule has 6 nitrogen and oxygen atoms in total. The van der Waals surface area contributed by atoms with Crippen LogP contribution in [0.4, 0.5) is 0 Å². The Morgan fingerprint density at radius 3 is 3.10 bits per heavy atom. The first-order valence-electron chi connectivity index (χ1n) is 6.57. The number of carbonyl (C=O) groups is 1. The molecule has 1 aromatic carbocycles. The number of ether oxygens (including phenoxy) is 1. The van der Waals surface area contributed by atoms with Gasteiger partial charge in [-0.25, -0.2) is 0 Å². The monoisotopic (exact) mass is 285 g/mol. The van der Waals surface area contributed by atoms with Crippen LogP contribution in [0.15, 0.2) is 41.3 Å². The van der Waals surface area contributed by atoms with Gasteiger partial charge in [-0.3, -0.25) is 9.89 Å². The summed E-state index contributed by atoms with van der Waals surface area (Å²) in [6, 6.07) is 5.51. The quantitative estimate of drug-likeness (QED) is 0.704. The standard InChI is InChI=1S/C15H15N3O3/c1-20-7-5-16-15(19)13-3-2-11(10-8-17-18-9-10)12-4-6-21-14(12)13/h2-4,6,8-9H,5,7H2,1H3,(H,16,19)(H,17,18). The van der Waals surface area contributed by atoms with Crippen molar-refractivity contribution in [3.63, 3.8) is 0 Å². The van der Waals surface area contributed by atoms with Gasteiger partial charge >= 0.3 is 0 Å². The number of nitrogens with one attached hydrogen (secondary N) is 2. The van der Waals surface area contributed by atoms with Gasteiger partial charge in [0.1, 0.15) is 5.58 Å². The number of aromatic amines is 1. The van der Waals surface area contributed by atoms with E-state index in [9.17, 15) is 4.79 Å². The van der Waals surface area contributed by atoms with Crippen LogP contribution >= 0.6 is 0 Å². The number of rotatable bonds is 5. The number of hydrogen-bond donors (Lipinski definition) is 2. The van der Waals surface area contributed by atoms with E-state index in [1.54, 1.807) is 31.8 Å². The first-order valence-corrected chi connectivity index (χ1v) is 6.57. The normalized spacial score (nSPS) is 10.9. The molecule has 108 valence electrons. The maximum atomic E-state index is 12.2. The van der Waals surface area contributed by atoms with Crippen LogP contribution in [-0.2, 0) is 4.74 Å². The number of methoxy groups -OCH3 is 1. The fraction of sp³-hybridized carbons (Fsp3) is 0.200. The summed E-state index contributed by atoms with van der Waals surface area (Å²) in [7, 11) is 1.59. The topological polar surface area (TPSA) is 80.1 Å². The number of furan rings is 1. The Hall–Kier alpha value is -2.60. The van der Waals surface area contributed by atoms with E-state index < -0.39 is 0 Å². The maximum Gasteiger partial charge on any atom is 0.255 e. The van der Waals surface area contributed by atoms with Crippen molar-refractivity contribution in [3.05, 3.63) is 42.4 Å². The van der Waals surface area contributed by atoms with Crippen molar-refractivity contribution in [3.8, 4) is 11.1 Å². The first-order chi connectivity index (χ1) is 10.3. The van der Waals surface area contributed by atoms with Gasteiger partial charge in [-0.1, -0.05) is 6.07 Å². The summed E-state index contributed by atoms with van der Waals surface area (Å²) in [6.07, 6.45) is 5.13. The van der Waals surface area contributed by atoms with Crippen molar-refractivity contribution in [1.82, 2.24) is 15.5 Å². The van der Waals surface area contributed by atoms with Gasteiger partial charge in [-0.05, 0) is 17.7 Å². The number of carbonyl (C=O) groups excluding carboxylic acids is 1. The number of nitrogens with zero attached hydrogens (tertiary/aromatic N) is 1. The molecule has 0 aliphatic heterocycles. The van der Waals surface area contributed by atoms with Crippen LogP contribution in [0.1, 0.15) is 10.4 Å². The molecule has 0 aliphatic rings. The SMILES string of the molecule is COCCNC(=O)c1ccc(-c2cn[nH]c2)c2ccoc12. The van der Waals surface area contributed by atoms with Crippen LogP contribution in [0.25, 0.3) is 22.1 Å². The number of H-pyrrole nitrogens is 1. The minimum absolute atomic E-state index is 0.175. The molecule has 2 heterocycles. The van der Waals surface area contributed by atoms with Gasteiger partial charge in [-0.2, -0.15) is 5.10 Å². The molecule has 0 saturated carbocycles. The number of fused-ring (bicyclic) bond motifs is 1. The Kier molecular flexibility index (Phi) is 3.70. The molecule has 6 heteroatoms. The first kappa shape index (κ1) is 13.4. The average Bonchev–Trinajstić information content (AvgIpc) is 3.17. The predicted octanol–water partition coefficient (Wildman–Crippen LogP) is 2.20. The van der Waals surface area contributed by atoms with Crippen LogP contribution in [0.3, 0.4) is 0 Å². The molecule has 0 saturated heterocycles. The Morgan fingerprint density at radius 1 is 1.43 bits per heavy atom. The molecule has 0 fully saturated rings. The molecule has 21 heavy (non-hydrogen) atoms. The summed E-state index contributed by atoms with van der Waals surface area (Å²) in [5.41, 5.74) is 3.01. The van der Waals surface area contributed by atoms with E-state index in [0.717, 1.165) is 16.5 Å². The molecule has 0 aliphatic carbocycles. The van der Waals surface area contributed by atoms with Gasteiger partial charge in [0.05, 0.1) is 24.6 Å². The van der Waals surface area contributed by atoms with Gasteiger partial charge in [0.2, 0.25) is 0 Å². The summed E-state index contributed by atoms with van der Waals surface area (Å²) in [4.78, 5) is 12.2. The van der Waals surface area contributed by atoms with Crippen LogP contribution in [0.2, 0.25) is 0 Å². The van der Waals surface area contributed by atoms with E-state index in [1.807, 2.05) is 12.1 Å². The fourth-order valence-electron chi connectivity index (χ4n) is 2.25. The molecule has 0 spiro atoms. The summed E-state index contributed by atoms with van der Waals surface area (Å²) in [5, 5.41) is 10.4. The minimum atomic E-state index is -0.175. The molecule has 3 rings (SSSR count). The Balaban J connectivity index is 1.97. The highest BCUT2D eigenvalue weighted by Gasteiger charge is 2.16. The highest BCUT2D eigenvalue weighted by Crippen LogP contribution is 2.31. The molecular weight excluding hydrogens is 270 g/mol. The molecule has 1 amide bonds. The third-order valence-electron chi connectivity index (χ3n) is 3.26. The van der Waals surface area contributed by atoms with Crippen molar-refractivity contribution in [2.75, 3.05) is 20.3 Å². The zero-order chi connectivity index (χ0) is 14.7. The number of benzene rings is 1. The Morgan fingerprint density at radius 2 is 2.33 bits per heavy atom. The molecular formula is C15H15N3O3. The molecule has 0 unspecified atom stereocenters. The number of hydrogen-bond acceptors (Lipinski definition) is 4. The van der Waals surface area contributed by atoms with Crippen molar-refractivity contribution in [2.24, 2.45) is 0 Å². The second-order valence-corrected chi connectivity index (χ2v) is 4.56. The summed E-state index contributed by atoms with van der Waals surface area (Å²) in [6.45, 7) is 0.932. The van der Waals surface area contributed by atoms with E-state index in [0.29, 0.717) is 24.3 Å². The van der Waals surface area contributed by atoms with Crippen molar-refractivity contribution in [1.29, 1.82) is 0 Å². The van der Waals surface area contributed by atoms with E-state index in [4.69, 9.17) is 9.15 Å². The van der Waals surface area contributed by atoms with E-state index >= 15 is 0 Å². The lowest BCUT2D eigenvalue weighted by Crippen LogP contribution is -2.27. The summed E-state index contributed by atoms with van der Waals surface area (Å²) < 4.78 is 10.4. The maximum absolute atomic E-state index is 12.2. The zero-order valence-corrected chi connectivity index (χ0v) is 11.6. The second kappa shape index (κ2) is 5.80. The van der Waals surface area contributed by atoms with Gasteiger partial charge in [0, 0.05) is 30.8 Å². The highest BCUT2D eigenvalue weighted by atomic mass is 16.5. The van der Waals surface area contributed by atoms with E-state index in [2.05, 4.69) is 15.5 Å². The second-order valence-electron chi connectivity index (χ2n) is 4.56. The van der Waals surface area contributed by atoms with Gasteiger partial charge in [0.15, 0.2) is 0 Å². The lowest BCUT2D eigenvalue weighted by Gasteiger charge is -2.07. The largest absolute Gasteiger partial charge is 0.463 e. The minimum Gasteiger partial charge on any atom is -0.463 e. The lowest BCUT2D eigenvalue weighted by atomic mass is 10.0. The van der Waals surface area contributed by atoms with Crippen LogP contribution in [0.5, 0.6) is 0 Å². The van der Waals surface area contributed by atoms with Gasteiger partial charge in [0.25, 0.3) is 5.91 Å². The zero-order valence-electron chi connectivity index (χ0n) is 11.6. The smallest absolute Gasteiger partial charge is 0.255 e. The summed E-state index contributed by atoms with van der Waals surface area (Å²) >= 11 is 0. The third kappa shape index (κ3) is 2.53. The number of amides is 1. The predicted molar refractivity (Wildman–Crippen MR) is 78.0 cm³/mol. The van der Waals surface area contributed by atoms with Gasteiger partial charge < -0.3 is 14.5 Å². The van der Waals surface area contributed by atoms with Crippen LogP contribution in [-0.4, -0.2) is 36.4 Å². The van der Waals surface area contributed by atoms with Gasteiger partial charge in [-0.15, -0.1) is 0 Å². The van der Waals surface area contributed by atoms with E-state index in [1.165, 1.54) is 0 Å². The van der Waals surface area contributed by atoms with Crippen molar-refractivity contribution >= 4 is 16.9 Å². The summed E-state index contributed by atoms with van der Waals surface area (Å²) in [5.74, 6) is -0.175. The van der Waals surface area contributed by atoms with E-state index in [-0.39, 0.29) is 5.91 Å². The molecule has 2 aromatic heterocycles. The lowest BCUT2D eigenvalue weighted by molar-refractivity contribution is 0.0938. The van der Waals surface area contributed by atoms with Crippen LogP contribution in [0, 0.1) is 0 Å².